The molecule has 6 heteroatoms. The van der Waals surface area contributed by atoms with Gasteiger partial charge in [-0.15, -0.1) is 0 Å². The molecule has 1 aliphatic rings. The van der Waals surface area contributed by atoms with E-state index in [1.807, 2.05) is 73.7 Å². The Bertz CT molecular complexity index is 1020. The van der Waals surface area contributed by atoms with Crippen molar-refractivity contribution < 1.29 is 19.0 Å². The summed E-state index contributed by atoms with van der Waals surface area (Å²) in [5, 5.41) is 6.21. The lowest BCUT2D eigenvalue weighted by Gasteiger charge is -2.19. The zero-order chi connectivity index (χ0) is 20.8. The lowest BCUT2D eigenvalue weighted by atomic mass is 10.2. The number of hydrogen-bond acceptors (Lipinski definition) is 5. The van der Waals surface area contributed by atoms with Gasteiger partial charge in [-0.25, -0.2) is 0 Å². The summed E-state index contributed by atoms with van der Waals surface area (Å²) < 4.78 is 17.0. The molecule has 1 aliphatic heterocycles. The lowest BCUT2D eigenvalue weighted by molar-refractivity contribution is -0.118. The van der Waals surface area contributed by atoms with E-state index in [0.717, 1.165) is 34.0 Å². The van der Waals surface area contributed by atoms with E-state index in [-0.39, 0.29) is 12.5 Å². The van der Waals surface area contributed by atoms with Crippen LogP contribution in [0, 0.1) is 6.92 Å². The zero-order valence-electron chi connectivity index (χ0n) is 16.8. The Kier molecular flexibility index (Phi) is 6.03. The van der Waals surface area contributed by atoms with Crippen LogP contribution in [0.3, 0.4) is 0 Å². The number of ether oxygens (including phenoxy) is 3. The van der Waals surface area contributed by atoms with E-state index < -0.39 is 0 Å². The average Bonchev–Trinajstić information content (AvgIpc) is 2.78. The zero-order valence-corrected chi connectivity index (χ0v) is 16.8. The maximum Gasteiger partial charge on any atom is 0.262 e. The largest absolute Gasteiger partial charge is 0.486 e. The number of benzene rings is 3. The summed E-state index contributed by atoms with van der Waals surface area (Å²) in [6, 6.07) is 21.1. The van der Waals surface area contributed by atoms with Gasteiger partial charge in [0.05, 0.1) is 0 Å². The number of anilines is 2. The molecule has 0 radical (unpaired) electrons. The van der Waals surface area contributed by atoms with Crippen LogP contribution >= 0.6 is 0 Å². The molecule has 30 heavy (non-hydrogen) atoms. The molecule has 0 saturated carbocycles. The van der Waals surface area contributed by atoms with Crippen molar-refractivity contribution in [2.45, 2.75) is 13.5 Å². The summed E-state index contributed by atoms with van der Waals surface area (Å²) >= 11 is 0. The monoisotopic (exact) mass is 404 g/mol. The third-order valence-electron chi connectivity index (χ3n) is 4.69. The van der Waals surface area contributed by atoms with Crippen LogP contribution in [0.4, 0.5) is 11.4 Å². The topological polar surface area (TPSA) is 68.8 Å². The summed E-state index contributed by atoms with van der Waals surface area (Å²) in [5.41, 5.74) is 3.77. The van der Waals surface area contributed by atoms with E-state index in [0.29, 0.717) is 25.5 Å². The van der Waals surface area contributed by atoms with Crippen molar-refractivity contribution in [1.29, 1.82) is 0 Å². The summed E-state index contributed by atoms with van der Waals surface area (Å²) in [4.78, 5) is 12.2. The van der Waals surface area contributed by atoms with Crippen LogP contribution in [0.1, 0.15) is 11.1 Å². The normalized spacial score (nSPS) is 12.2. The van der Waals surface area contributed by atoms with E-state index >= 15 is 0 Å². The molecular weight excluding hydrogens is 380 g/mol. The van der Waals surface area contributed by atoms with Crippen molar-refractivity contribution in [3.8, 4) is 17.2 Å². The maximum absolute atomic E-state index is 12.2. The van der Waals surface area contributed by atoms with Crippen molar-refractivity contribution in [3.63, 3.8) is 0 Å². The highest BCUT2D eigenvalue weighted by Crippen LogP contribution is 2.33. The van der Waals surface area contributed by atoms with Crippen molar-refractivity contribution in [2.75, 3.05) is 30.5 Å². The van der Waals surface area contributed by atoms with Gasteiger partial charge in [0.25, 0.3) is 5.91 Å². The number of nitrogens with one attached hydrogen (secondary N) is 2. The second kappa shape index (κ2) is 9.22. The second-order valence-corrected chi connectivity index (χ2v) is 7.02. The van der Waals surface area contributed by atoms with Crippen molar-refractivity contribution >= 4 is 17.3 Å². The van der Waals surface area contributed by atoms with Crippen molar-refractivity contribution in [2.24, 2.45) is 0 Å². The van der Waals surface area contributed by atoms with Gasteiger partial charge < -0.3 is 24.8 Å². The van der Waals surface area contributed by atoms with Crippen LogP contribution in [-0.4, -0.2) is 25.7 Å². The molecular formula is C24H24N2O4. The molecule has 0 atom stereocenters. The highest BCUT2D eigenvalue weighted by atomic mass is 16.6. The highest BCUT2D eigenvalue weighted by molar-refractivity contribution is 5.91. The Morgan fingerprint density at radius 2 is 1.67 bits per heavy atom. The first-order valence-electron chi connectivity index (χ1n) is 9.88. The van der Waals surface area contributed by atoms with E-state index in [4.69, 9.17) is 14.2 Å². The first-order valence-corrected chi connectivity index (χ1v) is 9.88. The van der Waals surface area contributed by atoms with Gasteiger partial charge >= 0.3 is 0 Å². The van der Waals surface area contributed by atoms with Crippen molar-refractivity contribution in [3.05, 3.63) is 77.9 Å². The van der Waals surface area contributed by atoms with Gasteiger partial charge in [-0.2, -0.15) is 0 Å². The molecule has 4 rings (SSSR count). The summed E-state index contributed by atoms with van der Waals surface area (Å²) in [6.07, 6.45) is 0. The summed E-state index contributed by atoms with van der Waals surface area (Å²) in [7, 11) is 0. The molecule has 0 fully saturated rings. The second-order valence-electron chi connectivity index (χ2n) is 7.02. The van der Waals surface area contributed by atoms with E-state index in [9.17, 15) is 4.79 Å². The fraction of sp³-hybridized carbons (Fsp3) is 0.208. The van der Waals surface area contributed by atoms with Crippen LogP contribution in [0.25, 0.3) is 0 Å². The fourth-order valence-electron chi connectivity index (χ4n) is 3.12. The summed E-state index contributed by atoms with van der Waals surface area (Å²) in [5.74, 6) is 1.97. The number of carbonyl (C=O) groups is 1. The van der Waals surface area contributed by atoms with Gasteiger partial charge in [0, 0.05) is 29.5 Å². The van der Waals surface area contributed by atoms with Gasteiger partial charge in [0.15, 0.2) is 18.1 Å². The number of fused-ring (bicyclic) bond motifs is 1. The minimum atomic E-state index is -0.201. The Hall–Kier alpha value is -3.67. The maximum atomic E-state index is 12.2. The molecule has 6 nitrogen and oxygen atoms in total. The van der Waals surface area contributed by atoms with Gasteiger partial charge in [-0.05, 0) is 37.3 Å². The molecule has 1 heterocycles. The Morgan fingerprint density at radius 1 is 0.933 bits per heavy atom. The average molecular weight is 404 g/mol. The quantitative estimate of drug-likeness (QED) is 0.611. The number of hydrogen-bond donors (Lipinski definition) is 2. The van der Waals surface area contributed by atoms with Crippen LogP contribution in [0.2, 0.25) is 0 Å². The summed E-state index contributed by atoms with van der Waals surface area (Å²) in [6.45, 7) is 3.62. The number of aryl methyl sites for hydroxylation is 1. The predicted molar refractivity (Wildman–Crippen MR) is 117 cm³/mol. The smallest absolute Gasteiger partial charge is 0.262 e. The molecule has 0 aliphatic carbocycles. The number of para-hydroxylation sites is 1. The van der Waals surface area contributed by atoms with E-state index in [1.165, 1.54) is 0 Å². The molecule has 3 aromatic rings. The molecule has 0 spiro atoms. The molecule has 1 amide bonds. The third-order valence-corrected chi connectivity index (χ3v) is 4.69. The molecule has 0 unspecified atom stereocenters. The first kappa shape index (κ1) is 19.6. The van der Waals surface area contributed by atoms with Crippen LogP contribution in [0.5, 0.6) is 17.2 Å². The van der Waals surface area contributed by atoms with E-state index in [2.05, 4.69) is 10.6 Å². The molecule has 0 aromatic heterocycles. The number of amides is 1. The van der Waals surface area contributed by atoms with Gasteiger partial charge in [0.1, 0.15) is 19.0 Å². The molecule has 154 valence electrons. The SMILES string of the molecule is Cc1ccc(NC(=O)COc2ccccc2CNc2ccc3c(c2)OCCO3)cc1. The molecule has 0 saturated heterocycles. The Balaban J connectivity index is 1.34. The van der Waals surface area contributed by atoms with Crippen LogP contribution < -0.4 is 24.8 Å². The van der Waals surface area contributed by atoms with Crippen molar-refractivity contribution in [1.82, 2.24) is 0 Å². The first-order chi connectivity index (χ1) is 14.7. The Morgan fingerprint density at radius 3 is 2.50 bits per heavy atom. The highest BCUT2D eigenvalue weighted by Gasteiger charge is 2.12. The number of carbonyl (C=O) groups excluding carboxylic acids is 1. The van der Waals surface area contributed by atoms with Gasteiger partial charge in [-0.1, -0.05) is 35.9 Å². The van der Waals surface area contributed by atoms with Crippen LogP contribution in [0.15, 0.2) is 66.7 Å². The Labute approximate surface area is 175 Å². The predicted octanol–water partition coefficient (Wildman–Crippen LogP) is 4.40. The lowest BCUT2D eigenvalue weighted by Crippen LogP contribution is -2.20. The fourth-order valence-corrected chi connectivity index (χ4v) is 3.12. The third kappa shape index (κ3) is 5.03. The van der Waals surface area contributed by atoms with Gasteiger partial charge in [-0.3, -0.25) is 4.79 Å². The van der Waals surface area contributed by atoms with E-state index in [1.54, 1.807) is 0 Å². The standard InChI is InChI=1S/C24H24N2O4/c1-17-6-8-19(9-7-17)26-24(27)16-30-21-5-3-2-4-18(21)15-25-20-10-11-22-23(14-20)29-13-12-28-22/h2-11,14,25H,12-13,15-16H2,1H3,(H,26,27). The molecule has 2 N–H and O–H groups in total. The van der Waals surface area contributed by atoms with Gasteiger partial charge in [0.2, 0.25) is 0 Å². The minimum Gasteiger partial charge on any atom is -0.486 e. The van der Waals surface area contributed by atoms with Crippen LogP contribution in [-0.2, 0) is 11.3 Å². The molecule has 0 bridgehead atoms. The minimum absolute atomic E-state index is 0.0606. The number of rotatable bonds is 7. The molecule has 3 aromatic carbocycles.